The second kappa shape index (κ2) is 6.67. The molecule has 2 amide bonds. The van der Waals surface area contributed by atoms with Crippen LogP contribution >= 0.6 is 11.6 Å². The number of urea groups is 1. The van der Waals surface area contributed by atoms with E-state index in [-0.39, 0.29) is 18.2 Å². The van der Waals surface area contributed by atoms with Crippen molar-refractivity contribution in [1.82, 2.24) is 10.2 Å². The molecule has 1 aromatic carbocycles. The molecule has 2 atom stereocenters. The van der Waals surface area contributed by atoms with E-state index in [9.17, 15) is 4.79 Å². The van der Waals surface area contributed by atoms with Crippen LogP contribution in [0.1, 0.15) is 31.2 Å². The van der Waals surface area contributed by atoms with Crippen LogP contribution in [-0.2, 0) is 11.3 Å². The van der Waals surface area contributed by atoms with E-state index in [2.05, 4.69) is 5.32 Å². The van der Waals surface area contributed by atoms with Crippen molar-refractivity contribution in [2.45, 2.75) is 44.4 Å². The number of fused-ring (bicyclic) bond motifs is 1. The molecular formula is C16H21ClN2O2. The van der Waals surface area contributed by atoms with Gasteiger partial charge in [-0.15, -0.1) is 0 Å². The lowest BCUT2D eigenvalue weighted by Gasteiger charge is -2.43. The van der Waals surface area contributed by atoms with Crippen LogP contribution < -0.4 is 5.32 Å². The lowest BCUT2D eigenvalue weighted by Crippen LogP contribution is -2.57. The van der Waals surface area contributed by atoms with Crippen LogP contribution in [-0.4, -0.2) is 36.2 Å². The van der Waals surface area contributed by atoms with Gasteiger partial charge in [0.2, 0.25) is 0 Å². The number of carbonyl (C=O) groups excluding carboxylic acids is 1. The summed E-state index contributed by atoms with van der Waals surface area (Å²) in [6.45, 7) is 1.84. The second-order valence-electron chi connectivity index (χ2n) is 5.74. The molecule has 0 bridgehead atoms. The second-order valence-corrected chi connectivity index (χ2v) is 6.18. The monoisotopic (exact) mass is 308 g/mol. The molecule has 5 heteroatoms. The number of rotatable bonds is 2. The average molecular weight is 309 g/mol. The Bertz CT molecular complexity index is 507. The van der Waals surface area contributed by atoms with Crippen molar-refractivity contribution in [3.8, 4) is 0 Å². The summed E-state index contributed by atoms with van der Waals surface area (Å²) in [7, 11) is 0. The third kappa shape index (κ3) is 3.50. The summed E-state index contributed by atoms with van der Waals surface area (Å²) in [6.07, 6.45) is 4.74. The third-order valence-corrected chi connectivity index (χ3v) is 4.56. The number of ether oxygens (including phenoxy) is 1. The zero-order valence-corrected chi connectivity index (χ0v) is 12.8. The van der Waals surface area contributed by atoms with Gasteiger partial charge in [0.25, 0.3) is 0 Å². The van der Waals surface area contributed by atoms with Crippen molar-refractivity contribution < 1.29 is 9.53 Å². The Morgan fingerprint density at radius 2 is 2.24 bits per heavy atom. The number of benzene rings is 1. The molecule has 2 fully saturated rings. The molecule has 1 heterocycles. The normalized spacial score (nSPS) is 25.3. The Kier molecular flexibility index (Phi) is 4.66. The number of amides is 2. The van der Waals surface area contributed by atoms with Crippen molar-refractivity contribution in [3.05, 3.63) is 34.9 Å². The lowest BCUT2D eigenvalue weighted by molar-refractivity contribution is -0.0712. The summed E-state index contributed by atoms with van der Waals surface area (Å²) in [5.74, 6) is 0. The van der Waals surface area contributed by atoms with Gasteiger partial charge in [0, 0.05) is 18.1 Å². The van der Waals surface area contributed by atoms with Crippen LogP contribution in [0.3, 0.4) is 0 Å². The summed E-state index contributed by atoms with van der Waals surface area (Å²) in [6, 6.07) is 7.83. The molecule has 3 rings (SSSR count). The van der Waals surface area contributed by atoms with Crippen LogP contribution in [0.5, 0.6) is 0 Å². The first-order valence-electron chi connectivity index (χ1n) is 7.64. The van der Waals surface area contributed by atoms with Crippen LogP contribution in [0.25, 0.3) is 0 Å². The minimum Gasteiger partial charge on any atom is -0.374 e. The van der Waals surface area contributed by atoms with E-state index in [4.69, 9.17) is 16.3 Å². The highest BCUT2D eigenvalue weighted by Gasteiger charge is 2.36. The van der Waals surface area contributed by atoms with Crippen LogP contribution in [0.15, 0.2) is 24.3 Å². The fourth-order valence-electron chi connectivity index (χ4n) is 3.27. The maximum Gasteiger partial charge on any atom is 0.318 e. The Labute approximate surface area is 130 Å². The first-order chi connectivity index (χ1) is 10.2. The van der Waals surface area contributed by atoms with Gasteiger partial charge in [-0.25, -0.2) is 4.79 Å². The molecule has 1 aliphatic heterocycles. The maximum atomic E-state index is 12.4. The first-order valence-corrected chi connectivity index (χ1v) is 8.02. The Morgan fingerprint density at radius 3 is 3.10 bits per heavy atom. The van der Waals surface area contributed by atoms with Crippen molar-refractivity contribution >= 4 is 17.6 Å². The van der Waals surface area contributed by atoms with Gasteiger partial charge < -0.3 is 15.0 Å². The van der Waals surface area contributed by atoms with E-state index in [0.29, 0.717) is 24.7 Å². The summed E-state index contributed by atoms with van der Waals surface area (Å²) in [5.41, 5.74) is 1.02. The third-order valence-electron chi connectivity index (χ3n) is 4.33. The topological polar surface area (TPSA) is 41.6 Å². The van der Waals surface area contributed by atoms with E-state index in [1.807, 2.05) is 29.2 Å². The Morgan fingerprint density at radius 1 is 1.38 bits per heavy atom. The molecule has 0 radical (unpaired) electrons. The number of hydrogen-bond acceptors (Lipinski definition) is 2. The van der Waals surface area contributed by atoms with E-state index >= 15 is 0 Å². The van der Waals surface area contributed by atoms with Crippen molar-refractivity contribution in [2.75, 3.05) is 13.2 Å². The molecular weight excluding hydrogens is 288 g/mol. The molecule has 1 aromatic rings. The molecule has 0 aromatic heterocycles. The molecule has 1 N–H and O–H groups in total. The van der Waals surface area contributed by atoms with Gasteiger partial charge in [-0.1, -0.05) is 36.6 Å². The highest BCUT2D eigenvalue weighted by molar-refractivity contribution is 6.30. The van der Waals surface area contributed by atoms with Gasteiger partial charge in [0.1, 0.15) is 0 Å². The number of carbonyl (C=O) groups is 1. The van der Waals surface area contributed by atoms with Crippen LogP contribution in [0.4, 0.5) is 4.79 Å². The zero-order chi connectivity index (χ0) is 14.7. The summed E-state index contributed by atoms with van der Waals surface area (Å²) in [5, 5.41) is 3.70. The van der Waals surface area contributed by atoms with Gasteiger partial charge >= 0.3 is 6.03 Å². The number of nitrogens with zero attached hydrogens (tertiary/aromatic N) is 1. The van der Waals surface area contributed by atoms with E-state index in [1.165, 1.54) is 12.8 Å². The van der Waals surface area contributed by atoms with E-state index < -0.39 is 0 Å². The fraction of sp³-hybridized carbons (Fsp3) is 0.562. The smallest absolute Gasteiger partial charge is 0.318 e. The molecule has 114 valence electrons. The average Bonchev–Trinajstić information content (AvgIpc) is 2.52. The fourth-order valence-corrected chi connectivity index (χ4v) is 3.49. The van der Waals surface area contributed by atoms with Gasteiger partial charge in [-0.3, -0.25) is 0 Å². The Hall–Kier alpha value is -1.26. The quantitative estimate of drug-likeness (QED) is 0.911. The van der Waals surface area contributed by atoms with Gasteiger partial charge in [0.15, 0.2) is 0 Å². The SMILES string of the molecule is O=C(NCc1cccc(Cl)c1)N1CCOC2CCCCC21. The molecule has 2 aliphatic rings. The molecule has 2 unspecified atom stereocenters. The Balaban J connectivity index is 1.59. The largest absolute Gasteiger partial charge is 0.374 e. The van der Waals surface area contributed by atoms with Crippen molar-refractivity contribution in [2.24, 2.45) is 0 Å². The molecule has 4 nitrogen and oxygen atoms in total. The zero-order valence-electron chi connectivity index (χ0n) is 12.1. The van der Waals surface area contributed by atoms with Gasteiger partial charge in [-0.2, -0.15) is 0 Å². The summed E-state index contributed by atoms with van der Waals surface area (Å²) < 4.78 is 5.80. The summed E-state index contributed by atoms with van der Waals surface area (Å²) in [4.78, 5) is 14.4. The minimum atomic E-state index is 0.00942. The highest BCUT2D eigenvalue weighted by Crippen LogP contribution is 2.28. The maximum absolute atomic E-state index is 12.4. The number of hydrogen-bond donors (Lipinski definition) is 1. The number of nitrogens with one attached hydrogen (secondary N) is 1. The minimum absolute atomic E-state index is 0.00942. The first kappa shape index (κ1) is 14.7. The predicted molar refractivity (Wildman–Crippen MR) is 82.4 cm³/mol. The number of halogens is 1. The molecule has 21 heavy (non-hydrogen) atoms. The van der Waals surface area contributed by atoms with Crippen molar-refractivity contribution in [1.29, 1.82) is 0 Å². The predicted octanol–water partition coefficient (Wildman–Crippen LogP) is 3.19. The van der Waals surface area contributed by atoms with Crippen molar-refractivity contribution in [3.63, 3.8) is 0 Å². The molecule has 0 spiro atoms. The number of morpholine rings is 1. The van der Waals surface area contributed by atoms with Crippen LogP contribution in [0.2, 0.25) is 5.02 Å². The van der Waals surface area contributed by atoms with Gasteiger partial charge in [-0.05, 0) is 30.5 Å². The molecule has 1 saturated heterocycles. The van der Waals surface area contributed by atoms with E-state index in [1.54, 1.807) is 0 Å². The highest BCUT2D eigenvalue weighted by atomic mass is 35.5. The summed E-state index contributed by atoms with van der Waals surface area (Å²) >= 11 is 5.96. The molecule has 1 aliphatic carbocycles. The van der Waals surface area contributed by atoms with Crippen LogP contribution in [0, 0.1) is 0 Å². The lowest BCUT2D eigenvalue weighted by atomic mass is 9.90. The standard InChI is InChI=1S/C16H21ClN2O2/c17-13-5-3-4-12(10-13)11-18-16(20)19-8-9-21-15-7-2-1-6-14(15)19/h3-5,10,14-15H,1-2,6-9,11H2,(H,18,20). The van der Waals surface area contributed by atoms with Gasteiger partial charge in [0.05, 0.1) is 18.8 Å². The molecule has 1 saturated carbocycles. The van der Waals surface area contributed by atoms with E-state index in [0.717, 1.165) is 18.4 Å².